The third kappa shape index (κ3) is 5.85. The number of hydrogen-bond donors (Lipinski definition) is 2. The smallest absolute Gasteiger partial charge is 0.244 e. The van der Waals surface area contributed by atoms with E-state index in [-0.39, 0.29) is 17.7 Å². The van der Waals surface area contributed by atoms with Gasteiger partial charge in [0, 0.05) is 18.5 Å². The highest BCUT2D eigenvalue weighted by Gasteiger charge is 2.21. The maximum Gasteiger partial charge on any atom is 0.244 e. The molecule has 0 saturated carbocycles. The van der Waals surface area contributed by atoms with Gasteiger partial charge in [0.1, 0.15) is 17.5 Å². The molecule has 0 spiro atoms. The average Bonchev–Trinajstić information content (AvgIpc) is 2.76. The largest absolute Gasteiger partial charge is 0.497 e. The molecule has 1 aliphatic rings. The van der Waals surface area contributed by atoms with Gasteiger partial charge in [-0.05, 0) is 48.7 Å². The van der Waals surface area contributed by atoms with Crippen LogP contribution in [-0.4, -0.2) is 38.1 Å². The first-order valence-electron chi connectivity index (χ1n) is 9.66. The molecule has 0 aliphatic carbocycles. The summed E-state index contributed by atoms with van der Waals surface area (Å²) in [7, 11) is 1.60. The number of fused-ring (bicyclic) bond motifs is 1. The van der Waals surface area contributed by atoms with Crippen molar-refractivity contribution in [3.8, 4) is 11.5 Å². The number of ether oxygens (including phenoxy) is 2. The molecule has 1 aliphatic heterocycles. The molecule has 2 aromatic rings. The zero-order valence-electron chi connectivity index (χ0n) is 16.7. The van der Waals surface area contributed by atoms with E-state index >= 15 is 0 Å². The second kappa shape index (κ2) is 9.78. The summed E-state index contributed by atoms with van der Waals surface area (Å²) in [6, 6.07) is 14.7. The highest BCUT2D eigenvalue weighted by Crippen LogP contribution is 2.26. The number of rotatable bonds is 7. The topological polar surface area (TPSA) is 76.7 Å². The van der Waals surface area contributed by atoms with Gasteiger partial charge in [-0.3, -0.25) is 9.59 Å². The van der Waals surface area contributed by atoms with Crippen molar-refractivity contribution in [3.63, 3.8) is 0 Å². The van der Waals surface area contributed by atoms with Crippen LogP contribution in [0.15, 0.2) is 54.6 Å². The Morgan fingerprint density at radius 3 is 2.72 bits per heavy atom. The zero-order valence-corrected chi connectivity index (χ0v) is 16.7. The molecule has 6 nitrogen and oxygen atoms in total. The van der Waals surface area contributed by atoms with Crippen molar-refractivity contribution in [2.75, 3.05) is 20.3 Å². The highest BCUT2D eigenvalue weighted by molar-refractivity contribution is 5.95. The lowest BCUT2D eigenvalue weighted by atomic mass is 9.96. The molecule has 0 bridgehead atoms. The highest BCUT2D eigenvalue weighted by atomic mass is 16.5. The normalized spacial score (nSPS) is 16.4. The van der Waals surface area contributed by atoms with Crippen LogP contribution in [-0.2, 0) is 16.0 Å². The minimum atomic E-state index is -0.625. The molecule has 0 aromatic heterocycles. The standard InChI is InChI=1S/C23H26N2O4/c1-16(25-22(26)12-9-17-7-10-20(28-2)11-8-17)23(27)24-14-18-13-19-5-3-4-6-21(19)29-15-18/h3-12,16,18H,13-15H2,1-2H3,(H,24,27)(H,25,26)/b12-9+. The molecule has 2 amide bonds. The summed E-state index contributed by atoms with van der Waals surface area (Å²) in [6.45, 7) is 2.75. The third-order valence-electron chi connectivity index (χ3n) is 4.82. The van der Waals surface area contributed by atoms with Crippen LogP contribution in [0.2, 0.25) is 0 Å². The number of hydrogen-bond acceptors (Lipinski definition) is 4. The maximum absolute atomic E-state index is 12.3. The van der Waals surface area contributed by atoms with Crippen LogP contribution in [0, 0.1) is 5.92 Å². The fourth-order valence-corrected chi connectivity index (χ4v) is 3.13. The first-order valence-corrected chi connectivity index (χ1v) is 9.66. The van der Waals surface area contributed by atoms with Crippen LogP contribution >= 0.6 is 0 Å². The van der Waals surface area contributed by atoms with E-state index in [1.807, 2.05) is 48.5 Å². The lowest BCUT2D eigenvalue weighted by Crippen LogP contribution is -2.46. The third-order valence-corrected chi connectivity index (χ3v) is 4.82. The number of nitrogens with one attached hydrogen (secondary N) is 2. The first kappa shape index (κ1) is 20.5. The van der Waals surface area contributed by atoms with E-state index in [4.69, 9.17) is 9.47 Å². The molecular formula is C23H26N2O4. The Kier molecular flexibility index (Phi) is 6.89. The molecule has 0 radical (unpaired) electrons. The molecule has 3 rings (SSSR count). The number of amides is 2. The Hall–Kier alpha value is -3.28. The van der Waals surface area contributed by atoms with Gasteiger partial charge < -0.3 is 20.1 Å². The summed E-state index contributed by atoms with van der Waals surface area (Å²) in [5.74, 6) is 1.35. The summed E-state index contributed by atoms with van der Waals surface area (Å²) < 4.78 is 10.8. The number of para-hydroxylation sites is 1. The van der Waals surface area contributed by atoms with Gasteiger partial charge in [0.2, 0.25) is 11.8 Å². The minimum Gasteiger partial charge on any atom is -0.497 e. The van der Waals surface area contributed by atoms with Gasteiger partial charge in [-0.1, -0.05) is 30.3 Å². The lowest BCUT2D eigenvalue weighted by Gasteiger charge is -2.25. The van der Waals surface area contributed by atoms with E-state index in [1.54, 1.807) is 20.1 Å². The van der Waals surface area contributed by atoms with Gasteiger partial charge in [0.25, 0.3) is 0 Å². The zero-order chi connectivity index (χ0) is 20.6. The quantitative estimate of drug-likeness (QED) is 0.708. The Bertz CT molecular complexity index is 877. The van der Waals surface area contributed by atoms with Gasteiger partial charge in [-0.2, -0.15) is 0 Å². The molecule has 0 fully saturated rings. The fraction of sp³-hybridized carbons (Fsp3) is 0.304. The van der Waals surface area contributed by atoms with Crippen molar-refractivity contribution < 1.29 is 19.1 Å². The molecule has 152 valence electrons. The van der Waals surface area contributed by atoms with Crippen LogP contribution in [0.25, 0.3) is 6.08 Å². The van der Waals surface area contributed by atoms with Crippen molar-refractivity contribution in [1.29, 1.82) is 0 Å². The lowest BCUT2D eigenvalue weighted by molar-refractivity contribution is -0.126. The second-order valence-electron chi connectivity index (χ2n) is 7.07. The molecule has 1 heterocycles. The van der Waals surface area contributed by atoms with E-state index in [1.165, 1.54) is 6.08 Å². The molecular weight excluding hydrogens is 368 g/mol. The van der Waals surface area contributed by atoms with Gasteiger partial charge in [-0.25, -0.2) is 0 Å². The van der Waals surface area contributed by atoms with E-state index in [0.717, 1.165) is 29.0 Å². The maximum atomic E-state index is 12.3. The molecule has 6 heteroatoms. The first-order chi connectivity index (χ1) is 14.0. The number of carbonyl (C=O) groups is 2. The molecule has 2 unspecified atom stereocenters. The molecule has 2 atom stereocenters. The number of methoxy groups -OCH3 is 1. The van der Waals surface area contributed by atoms with Crippen molar-refractivity contribution in [1.82, 2.24) is 10.6 Å². The van der Waals surface area contributed by atoms with Crippen molar-refractivity contribution in [2.45, 2.75) is 19.4 Å². The Labute approximate surface area is 170 Å². The van der Waals surface area contributed by atoms with E-state index in [9.17, 15) is 9.59 Å². The van der Waals surface area contributed by atoms with E-state index in [0.29, 0.717) is 13.2 Å². The molecule has 29 heavy (non-hydrogen) atoms. The van der Waals surface area contributed by atoms with E-state index < -0.39 is 6.04 Å². The van der Waals surface area contributed by atoms with Crippen LogP contribution in [0.4, 0.5) is 0 Å². The Balaban J connectivity index is 1.42. The summed E-state index contributed by atoms with van der Waals surface area (Å²) in [5, 5.41) is 5.59. The van der Waals surface area contributed by atoms with Gasteiger partial charge >= 0.3 is 0 Å². The van der Waals surface area contributed by atoms with Crippen LogP contribution in [0.3, 0.4) is 0 Å². The predicted octanol–water partition coefficient (Wildman–Crippen LogP) is 2.58. The van der Waals surface area contributed by atoms with E-state index in [2.05, 4.69) is 10.6 Å². The number of carbonyl (C=O) groups excluding carboxylic acids is 2. The monoisotopic (exact) mass is 394 g/mol. The Morgan fingerprint density at radius 2 is 1.97 bits per heavy atom. The summed E-state index contributed by atoms with van der Waals surface area (Å²) >= 11 is 0. The SMILES string of the molecule is COc1ccc(/C=C/C(=O)NC(C)C(=O)NCC2COc3ccccc3C2)cc1. The summed E-state index contributed by atoms with van der Waals surface area (Å²) in [5.41, 5.74) is 2.03. The van der Waals surface area contributed by atoms with Crippen LogP contribution in [0.5, 0.6) is 11.5 Å². The van der Waals surface area contributed by atoms with Crippen LogP contribution in [0.1, 0.15) is 18.1 Å². The van der Waals surface area contributed by atoms with Gasteiger partial charge in [-0.15, -0.1) is 0 Å². The Morgan fingerprint density at radius 1 is 1.21 bits per heavy atom. The van der Waals surface area contributed by atoms with Gasteiger partial charge in [0.15, 0.2) is 0 Å². The number of benzene rings is 2. The minimum absolute atomic E-state index is 0.213. The van der Waals surface area contributed by atoms with Crippen molar-refractivity contribution in [2.24, 2.45) is 5.92 Å². The van der Waals surface area contributed by atoms with Crippen LogP contribution < -0.4 is 20.1 Å². The second-order valence-corrected chi connectivity index (χ2v) is 7.07. The fourth-order valence-electron chi connectivity index (χ4n) is 3.13. The van der Waals surface area contributed by atoms with Gasteiger partial charge in [0.05, 0.1) is 13.7 Å². The molecule has 0 saturated heterocycles. The molecule has 2 N–H and O–H groups in total. The predicted molar refractivity (Wildman–Crippen MR) is 112 cm³/mol. The van der Waals surface area contributed by atoms with Crippen molar-refractivity contribution in [3.05, 3.63) is 65.7 Å². The molecule has 2 aromatic carbocycles. The average molecular weight is 394 g/mol. The summed E-state index contributed by atoms with van der Waals surface area (Å²) in [6.07, 6.45) is 3.97. The van der Waals surface area contributed by atoms with Crippen molar-refractivity contribution >= 4 is 17.9 Å². The summed E-state index contributed by atoms with van der Waals surface area (Å²) in [4.78, 5) is 24.4.